The van der Waals surface area contributed by atoms with Gasteiger partial charge in [0.05, 0.1) is 32.9 Å². The number of nitrogens with one attached hydrogen (secondary N) is 1. The number of nitrogens with two attached hydrogens (primary N) is 1. The normalized spacial score (nSPS) is 10.6. The molecule has 1 aromatic heterocycles. The van der Waals surface area contributed by atoms with Gasteiger partial charge in [0.2, 0.25) is 5.91 Å². The first-order valence-corrected chi connectivity index (χ1v) is 7.61. The summed E-state index contributed by atoms with van der Waals surface area (Å²) in [6.45, 7) is 0.550. The summed E-state index contributed by atoms with van der Waals surface area (Å²) in [7, 11) is 0. The molecule has 20 heavy (non-hydrogen) atoms. The van der Waals surface area contributed by atoms with E-state index < -0.39 is 0 Å². The minimum absolute atomic E-state index is 0.183. The molecule has 1 aromatic carbocycles. The second-order valence-corrected chi connectivity index (χ2v) is 5.85. The Kier molecular flexibility index (Phi) is 5.37. The molecule has 0 saturated heterocycles. The molecule has 0 atom stereocenters. The van der Waals surface area contributed by atoms with Crippen molar-refractivity contribution in [2.75, 3.05) is 11.9 Å². The molecule has 0 unspecified atom stereocenters. The van der Waals surface area contributed by atoms with Gasteiger partial charge in [-0.1, -0.05) is 29.3 Å². The molecule has 0 bridgehead atoms. The third-order valence-corrected chi connectivity index (χ3v) is 4.11. The molecular formula is C13H13Cl2N3OS. The highest BCUT2D eigenvalue weighted by atomic mass is 35.5. The zero-order valence-corrected chi connectivity index (χ0v) is 12.9. The van der Waals surface area contributed by atoms with E-state index in [-0.39, 0.29) is 12.3 Å². The van der Waals surface area contributed by atoms with Crippen molar-refractivity contribution in [2.45, 2.75) is 12.8 Å². The van der Waals surface area contributed by atoms with Crippen LogP contribution < -0.4 is 11.1 Å². The van der Waals surface area contributed by atoms with Gasteiger partial charge in [0.1, 0.15) is 0 Å². The number of thiazole rings is 1. The molecule has 7 heteroatoms. The summed E-state index contributed by atoms with van der Waals surface area (Å²) in [6, 6.07) is 5.07. The van der Waals surface area contributed by atoms with E-state index in [9.17, 15) is 4.79 Å². The number of aromatic nitrogens is 1. The second kappa shape index (κ2) is 7.04. The standard InChI is InChI=1S/C13H13Cl2N3OS/c14-9-2-1-3-10(15)13(9)18-11(19)6-8-7-20-12(17-8)4-5-16/h1-3,7H,4-6,16H2,(H,18,19). The number of amides is 1. The molecule has 106 valence electrons. The average molecular weight is 330 g/mol. The predicted molar refractivity (Wildman–Crippen MR) is 83.7 cm³/mol. The van der Waals surface area contributed by atoms with E-state index in [1.807, 2.05) is 5.38 Å². The van der Waals surface area contributed by atoms with E-state index in [1.165, 1.54) is 11.3 Å². The molecule has 2 rings (SSSR count). The van der Waals surface area contributed by atoms with Crippen molar-refractivity contribution in [3.63, 3.8) is 0 Å². The van der Waals surface area contributed by atoms with Gasteiger partial charge in [0, 0.05) is 11.8 Å². The number of carbonyl (C=O) groups excluding carboxylic acids is 1. The number of hydrogen-bond donors (Lipinski definition) is 2. The van der Waals surface area contributed by atoms with Crippen molar-refractivity contribution in [1.82, 2.24) is 4.98 Å². The Bertz CT molecular complexity index is 595. The molecule has 4 nitrogen and oxygen atoms in total. The van der Waals surface area contributed by atoms with E-state index in [2.05, 4.69) is 10.3 Å². The Morgan fingerprint density at radius 1 is 1.35 bits per heavy atom. The molecule has 0 saturated carbocycles. The highest BCUT2D eigenvalue weighted by molar-refractivity contribution is 7.09. The lowest BCUT2D eigenvalue weighted by Gasteiger charge is -2.08. The molecule has 0 spiro atoms. The van der Waals surface area contributed by atoms with Crippen LogP contribution in [0.5, 0.6) is 0 Å². The Labute approximate surface area is 130 Å². The van der Waals surface area contributed by atoms with Crippen molar-refractivity contribution in [3.8, 4) is 0 Å². The van der Waals surface area contributed by atoms with E-state index in [4.69, 9.17) is 28.9 Å². The molecule has 1 amide bonds. The Morgan fingerprint density at radius 3 is 2.70 bits per heavy atom. The van der Waals surface area contributed by atoms with Crippen molar-refractivity contribution in [2.24, 2.45) is 5.73 Å². The maximum absolute atomic E-state index is 12.0. The van der Waals surface area contributed by atoms with Crippen LogP contribution in [0.1, 0.15) is 10.7 Å². The zero-order valence-electron chi connectivity index (χ0n) is 10.5. The van der Waals surface area contributed by atoms with Crippen molar-refractivity contribution in [3.05, 3.63) is 44.3 Å². The molecular weight excluding hydrogens is 317 g/mol. The lowest BCUT2D eigenvalue weighted by atomic mass is 10.2. The van der Waals surface area contributed by atoms with Crippen LogP contribution in [0.15, 0.2) is 23.6 Å². The SMILES string of the molecule is NCCc1nc(CC(=O)Nc2c(Cl)cccc2Cl)cs1. The highest BCUT2D eigenvalue weighted by Gasteiger charge is 2.11. The quantitative estimate of drug-likeness (QED) is 0.885. The van der Waals surface area contributed by atoms with Crippen molar-refractivity contribution < 1.29 is 4.79 Å². The van der Waals surface area contributed by atoms with E-state index in [0.717, 1.165) is 17.1 Å². The van der Waals surface area contributed by atoms with Gasteiger partial charge in [-0.15, -0.1) is 11.3 Å². The molecule has 3 N–H and O–H groups in total. The van der Waals surface area contributed by atoms with Gasteiger partial charge in [-0.2, -0.15) is 0 Å². The monoisotopic (exact) mass is 329 g/mol. The van der Waals surface area contributed by atoms with Gasteiger partial charge >= 0.3 is 0 Å². The fourth-order valence-corrected chi connectivity index (χ4v) is 2.94. The topological polar surface area (TPSA) is 68.0 Å². The van der Waals surface area contributed by atoms with Crippen LogP contribution in [0, 0.1) is 0 Å². The fourth-order valence-electron chi connectivity index (χ4n) is 1.63. The first kappa shape index (κ1) is 15.3. The van der Waals surface area contributed by atoms with Gasteiger partial charge in [-0.05, 0) is 18.7 Å². The maximum Gasteiger partial charge on any atom is 0.230 e. The minimum atomic E-state index is -0.204. The lowest BCUT2D eigenvalue weighted by molar-refractivity contribution is -0.115. The number of anilines is 1. The predicted octanol–water partition coefficient (Wildman–Crippen LogP) is 3.13. The number of nitrogens with zero attached hydrogens (tertiary/aromatic N) is 1. The van der Waals surface area contributed by atoms with E-state index in [1.54, 1.807) is 18.2 Å². The van der Waals surface area contributed by atoms with Gasteiger partial charge in [-0.25, -0.2) is 4.98 Å². The summed E-state index contributed by atoms with van der Waals surface area (Å²) in [5.41, 5.74) is 6.61. The first-order chi connectivity index (χ1) is 9.60. The number of hydrogen-bond acceptors (Lipinski definition) is 4. The van der Waals surface area contributed by atoms with Crippen LogP contribution in [0.4, 0.5) is 5.69 Å². The third kappa shape index (κ3) is 3.93. The Hall–Kier alpha value is -1.14. The van der Waals surface area contributed by atoms with Crippen LogP contribution in [-0.4, -0.2) is 17.4 Å². The van der Waals surface area contributed by atoms with Crippen LogP contribution in [-0.2, 0) is 17.6 Å². The largest absolute Gasteiger partial charge is 0.330 e. The Balaban J connectivity index is 2.01. The van der Waals surface area contributed by atoms with E-state index in [0.29, 0.717) is 22.3 Å². The van der Waals surface area contributed by atoms with Crippen molar-refractivity contribution in [1.29, 1.82) is 0 Å². The number of para-hydroxylation sites is 1. The van der Waals surface area contributed by atoms with Crippen LogP contribution in [0.3, 0.4) is 0 Å². The molecule has 0 aliphatic rings. The number of halogens is 2. The van der Waals surface area contributed by atoms with Crippen LogP contribution in [0.2, 0.25) is 10.0 Å². The smallest absolute Gasteiger partial charge is 0.230 e. The molecule has 1 heterocycles. The van der Waals surface area contributed by atoms with E-state index >= 15 is 0 Å². The lowest BCUT2D eigenvalue weighted by Crippen LogP contribution is -2.15. The van der Waals surface area contributed by atoms with Crippen LogP contribution in [0.25, 0.3) is 0 Å². The maximum atomic E-state index is 12.0. The van der Waals surface area contributed by atoms with Gasteiger partial charge in [0.25, 0.3) is 0 Å². The summed E-state index contributed by atoms with van der Waals surface area (Å²) in [5.74, 6) is -0.204. The summed E-state index contributed by atoms with van der Waals surface area (Å²) in [4.78, 5) is 16.3. The number of rotatable bonds is 5. The molecule has 0 fully saturated rings. The first-order valence-electron chi connectivity index (χ1n) is 5.97. The summed E-state index contributed by atoms with van der Waals surface area (Å²) < 4.78 is 0. The number of carbonyl (C=O) groups is 1. The summed E-state index contributed by atoms with van der Waals surface area (Å²) in [5, 5.41) is 6.32. The average Bonchev–Trinajstić information content (AvgIpc) is 2.82. The summed E-state index contributed by atoms with van der Waals surface area (Å²) in [6.07, 6.45) is 0.908. The van der Waals surface area contributed by atoms with Gasteiger partial charge < -0.3 is 11.1 Å². The number of benzene rings is 1. The molecule has 0 aliphatic carbocycles. The van der Waals surface area contributed by atoms with Crippen molar-refractivity contribution >= 4 is 46.1 Å². The zero-order chi connectivity index (χ0) is 14.5. The molecule has 2 aromatic rings. The Morgan fingerprint density at radius 2 is 2.05 bits per heavy atom. The van der Waals surface area contributed by atoms with Crippen LogP contribution >= 0.6 is 34.5 Å². The fraction of sp³-hybridized carbons (Fsp3) is 0.231. The van der Waals surface area contributed by atoms with Gasteiger partial charge in [0.15, 0.2) is 0 Å². The highest BCUT2D eigenvalue weighted by Crippen LogP contribution is 2.29. The third-order valence-electron chi connectivity index (χ3n) is 2.53. The minimum Gasteiger partial charge on any atom is -0.330 e. The molecule has 0 aliphatic heterocycles. The second-order valence-electron chi connectivity index (χ2n) is 4.09. The van der Waals surface area contributed by atoms with Gasteiger partial charge in [-0.3, -0.25) is 4.79 Å². The molecule has 0 radical (unpaired) electrons. The summed E-state index contributed by atoms with van der Waals surface area (Å²) >= 11 is 13.5.